The van der Waals surface area contributed by atoms with Gasteiger partial charge in [0, 0.05) is 18.7 Å². The highest BCUT2D eigenvalue weighted by molar-refractivity contribution is 5.96. The van der Waals surface area contributed by atoms with Crippen LogP contribution < -0.4 is 14.2 Å². The maximum absolute atomic E-state index is 12.9. The third-order valence-corrected chi connectivity index (χ3v) is 5.56. The second-order valence-electron chi connectivity index (χ2n) is 7.48. The summed E-state index contributed by atoms with van der Waals surface area (Å²) in [6, 6.07) is 18.0. The fourth-order valence-electron chi connectivity index (χ4n) is 3.91. The summed E-state index contributed by atoms with van der Waals surface area (Å²) in [6.07, 6.45) is 0.0343. The molecule has 1 saturated heterocycles. The molecule has 0 saturated carbocycles. The minimum absolute atomic E-state index is 0.0343. The Hall–Kier alpha value is -3.25. The second kappa shape index (κ2) is 7.88. The number of amides is 1. The molecule has 2 heterocycles. The topological polar surface area (TPSA) is 57.2 Å². The van der Waals surface area contributed by atoms with Crippen LogP contribution in [0.1, 0.15) is 15.9 Å². The van der Waals surface area contributed by atoms with E-state index in [-0.39, 0.29) is 12.0 Å². The normalized spacial score (nSPS) is 15.7. The predicted molar refractivity (Wildman–Crippen MR) is 112 cm³/mol. The van der Waals surface area contributed by atoms with E-state index >= 15 is 0 Å². The molecular weight excluding hydrogens is 382 g/mol. The molecule has 0 radical (unpaired) electrons. The fraction of sp³-hybridized carbons (Fsp3) is 0.292. The van der Waals surface area contributed by atoms with E-state index in [1.165, 1.54) is 10.8 Å². The van der Waals surface area contributed by atoms with Crippen molar-refractivity contribution in [1.29, 1.82) is 0 Å². The number of rotatable bonds is 5. The van der Waals surface area contributed by atoms with Crippen molar-refractivity contribution in [2.75, 3.05) is 33.4 Å². The van der Waals surface area contributed by atoms with E-state index in [1.807, 2.05) is 18.2 Å². The van der Waals surface area contributed by atoms with Crippen molar-refractivity contribution < 1.29 is 23.7 Å². The first kappa shape index (κ1) is 18.8. The lowest BCUT2D eigenvalue weighted by molar-refractivity contribution is -0.0500. The van der Waals surface area contributed by atoms with Crippen molar-refractivity contribution in [3.63, 3.8) is 0 Å². The Morgan fingerprint density at radius 3 is 2.73 bits per heavy atom. The smallest absolute Gasteiger partial charge is 0.254 e. The summed E-state index contributed by atoms with van der Waals surface area (Å²) in [5, 5.41) is 2.41. The number of ether oxygens (including phenoxy) is 4. The van der Waals surface area contributed by atoms with Crippen molar-refractivity contribution in [3.05, 3.63) is 65.7 Å². The zero-order valence-corrected chi connectivity index (χ0v) is 16.8. The van der Waals surface area contributed by atoms with Gasteiger partial charge in [0.05, 0.1) is 19.8 Å². The monoisotopic (exact) mass is 405 g/mol. The molecule has 5 rings (SSSR count). The Morgan fingerprint density at radius 2 is 1.87 bits per heavy atom. The highest BCUT2D eigenvalue weighted by Gasteiger charge is 2.33. The van der Waals surface area contributed by atoms with Gasteiger partial charge in [-0.05, 0) is 28.5 Å². The number of hydrogen-bond acceptors (Lipinski definition) is 5. The summed E-state index contributed by atoms with van der Waals surface area (Å²) in [4.78, 5) is 14.7. The van der Waals surface area contributed by atoms with Gasteiger partial charge in [-0.15, -0.1) is 0 Å². The molecule has 3 aromatic carbocycles. The van der Waals surface area contributed by atoms with Crippen LogP contribution in [0.15, 0.2) is 54.6 Å². The fourth-order valence-corrected chi connectivity index (χ4v) is 3.91. The van der Waals surface area contributed by atoms with E-state index in [9.17, 15) is 4.79 Å². The van der Waals surface area contributed by atoms with E-state index in [0.29, 0.717) is 55.7 Å². The van der Waals surface area contributed by atoms with Crippen LogP contribution in [0.2, 0.25) is 0 Å². The first-order valence-corrected chi connectivity index (χ1v) is 10.1. The maximum atomic E-state index is 12.9. The van der Waals surface area contributed by atoms with E-state index in [4.69, 9.17) is 18.9 Å². The van der Waals surface area contributed by atoms with Crippen molar-refractivity contribution >= 4 is 16.7 Å². The van der Waals surface area contributed by atoms with Crippen LogP contribution in [0.3, 0.4) is 0 Å². The molecule has 0 bridgehead atoms. The first-order valence-electron chi connectivity index (χ1n) is 10.1. The zero-order valence-electron chi connectivity index (χ0n) is 16.8. The predicted octanol–water partition coefficient (Wildman–Crippen LogP) is 3.66. The third kappa shape index (κ3) is 3.44. The minimum Gasteiger partial charge on any atom is -0.493 e. The second-order valence-corrected chi connectivity index (χ2v) is 7.48. The van der Waals surface area contributed by atoms with Gasteiger partial charge in [0.25, 0.3) is 5.91 Å². The Bertz CT molecular complexity index is 1070. The summed E-state index contributed by atoms with van der Waals surface area (Å²) in [7, 11) is 1.56. The van der Waals surface area contributed by atoms with Gasteiger partial charge < -0.3 is 23.8 Å². The molecule has 0 aromatic heterocycles. The van der Waals surface area contributed by atoms with Gasteiger partial charge in [-0.2, -0.15) is 0 Å². The molecule has 2 aliphatic heterocycles. The van der Waals surface area contributed by atoms with Crippen molar-refractivity contribution in [1.82, 2.24) is 4.90 Å². The number of benzene rings is 3. The van der Waals surface area contributed by atoms with Crippen LogP contribution in [-0.2, 0) is 11.3 Å². The summed E-state index contributed by atoms with van der Waals surface area (Å²) in [5.41, 5.74) is 1.69. The molecule has 0 aliphatic carbocycles. The number of carbonyl (C=O) groups excluding carboxylic acids is 1. The lowest BCUT2D eigenvalue weighted by Gasteiger charge is -2.39. The van der Waals surface area contributed by atoms with E-state index in [0.717, 1.165) is 5.56 Å². The van der Waals surface area contributed by atoms with Crippen LogP contribution in [0.25, 0.3) is 10.8 Å². The van der Waals surface area contributed by atoms with Gasteiger partial charge in [-0.1, -0.05) is 42.5 Å². The van der Waals surface area contributed by atoms with E-state index in [2.05, 4.69) is 24.3 Å². The molecule has 2 aliphatic rings. The van der Waals surface area contributed by atoms with Gasteiger partial charge in [0.15, 0.2) is 11.5 Å². The molecule has 6 nitrogen and oxygen atoms in total. The SMILES string of the molecule is COc1cc(C(=O)N2CC(OCc3cccc4ccccc34)C2)cc2c1OCCO2. The van der Waals surface area contributed by atoms with Gasteiger partial charge in [0.2, 0.25) is 5.75 Å². The Morgan fingerprint density at radius 1 is 1.07 bits per heavy atom. The number of hydrogen-bond donors (Lipinski definition) is 0. The number of fused-ring (bicyclic) bond motifs is 2. The molecule has 0 spiro atoms. The van der Waals surface area contributed by atoms with Crippen LogP contribution in [0.5, 0.6) is 17.2 Å². The summed E-state index contributed by atoms with van der Waals surface area (Å²) >= 11 is 0. The molecule has 1 amide bonds. The molecule has 0 unspecified atom stereocenters. The largest absolute Gasteiger partial charge is 0.493 e. The number of likely N-dealkylation sites (tertiary alicyclic amines) is 1. The maximum Gasteiger partial charge on any atom is 0.254 e. The summed E-state index contributed by atoms with van der Waals surface area (Å²) in [6.45, 7) is 2.60. The zero-order chi connectivity index (χ0) is 20.5. The van der Waals surface area contributed by atoms with Crippen molar-refractivity contribution in [2.45, 2.75) is 12.7 Å². The molecular formula is C24H23NO5. The van der Waals surface area contributed by atoms with E-state index < -0.39 is 0 Å². The van der Waals surface area contributed by atoms with E-state index in [1.54, 1.807) is 24.1 Å². The molecule has 6 heteroatoms. The quantitative estimate of drug-likeness (QED) is 0.648. The van der Waals surface area contributed by atoms with Crippen LogP contribution >= 0.6 is 0 Å². The highest BCUT2D eigenvalue weighted by atomic mass is 16.6. The van der Waals surface area contributed by atoms with Gasteiger partial charge in [0.1, 0.15) is 13.2 Å². The van der Waals surface area contributed by atoms with Gasteiger partial charge in [-0.3, -0.25) is 4.79 Å². The van der Waals surface area contributed by atoms with Crippen LogP contribution in [0.4, 0.5) is 0 Å². The minimum atomic E-state index is -0.0599. The molecule has 154 valence electrons. The Labute approximate surface area is 174 Å². The van der Waals surface area contributed by atoms with Gasteiger partial charge >= 0.3 is 0 Å². The molecule has 0 N–H and O–H groups in total. The average Bonchev–Trinajstić information content (AvgIpc) is 2.77. The number of methoxy groups -OCH3 is 1. The van der Waals surface area contributed by atoms with Crippen molar-refractivity contribution in [3.8, 4) is 17.2 Å². The first-order chi connectivity index (χ1) is 14.7. The van der Waals surface area contributed by atoms with Crippen LogP contribution in [0, 0.1) is 0 Å². The lowest BCUT2D eigenvalue weighted by Crippen LogP contribution is -2.54. The standard InChI is InChI=1S/C24H23NO5/c1-27-21-11-18(12-22-23(21)29-10-9-28-22)24(26)25-13-19(14-25)30-15-17-7-4-6-16-5-2-3-8-20(16)17/h2-8,11-12,19H,9-10,13-15H2,1H3. The number of carbonyl (C=O) groups is 1. The molecule has 0 atom stereocenters. The number of nitrogens with zero attached hydrogens (tertiary/aromatic N) is 1. The van der Waals surface area contributed by atoms with Gasteiger partial charge in [-0.25, -0.2) is 0 Å². The Kier molecular flexibility index (Phi) is 4.93. The highest BCUT2D eigenvalue weighted by Crippen LogP contribution is 2.40. The molecule has 1 fully saturated rings. The average molecular weight is 405 g/mol. The summed E-state index contributed by atoms with van der Waals surface area (Å²) < 4.78 is 22.7. The third-order valence-electron chi connectivity index (χ3n) is 5.56. The Balaban J connectivity index is 1.22. The lowest BCUT2D eigenvalue weighted by atomic mass is 10.0. The molecule has 30 heavy (non-hydrogen) atoms. The summed E-state index contributed by atoms with van der Waals surface area (Å²) in [5.74, 6) is 1.56. The van der Waals surface area contributed by atoms with Crippen LogP contribution in [-0.4, -0.2) is 50.3 Å². The van der Waals surface area contributed by atoms with Crippen molar-refractivity contribution in [2.24, 2.45) is 0 Å². The molecule has 3 aromatic rings.